The number of ether oxygens (including phenoxy) is 2. The third-order valence-corrected chi connectivity index (χ3v) is 5.84. The minimum atomic E-state index is -1.24. The molecule has 2 aromatic rings. The summed E-state index contributed by atoms with van der Waals surface area (Å²) in [5, 5.41) is 20.8. The number of nitrogens with one attached hydrogen (secondary N) is 1. The van der Waals surface area contributed by atoms with Gasteiger partial charge >= 0.3 is 11.9 Å². The number of ketones is 2. The van der Waals surface area contributed by atoms with Gasteiger partial charge in [-0.05, 0) is 36.2 Å². The van der Waals surface area contributed by atoms with Crippen molar-refractivity contribution in [3.05, 3.63) is 45.1 Å². The van der Waals surface area contributed by atoms with E-state index in [9.17, 15) is 19.2 Å². The average molecular weight is 447 g/mol. The molecule has 3 rings (SSSR count). The largest absolute Gasteiger partial charge is 0.479 e. The molecule has 0 atom stereocenters. The quantitative estimate of drug-likeness (QED) is 0.442. The molecule has 1 aliphatic rings. The number of fused-ring (bicyclic) bond motifs is 1. The zero-order chi connectivity index (χ0) is 22.4. The Kier molecular flexibility index (Phi) is 7.37. The fourth-order valence-corrected chi connectivity index (χ4v) is 4.23. The van der Waals surface area contributed by atoms with Crippen molar-refractivity contribution in [3.8, 4) is 11.5 Å². The number of carboxylic acids is 2. The maximum atomic E-state index is 12.6. The summed E-state index contributed by atoms with van der Waals surface area (Å²) in [6, 6.07) is 5.94. The Balaban J connectivity index is 1.66. The first-order chi connectivity index (χ1) is 14.8. The summed E-state index contributed by atoms with van der Waals surface area (Å²) in [5.41, 5.74) is 1.34. The lowest BCUT2D eigenvalue weighted by molar-refractivity contribution is -0.140. The molecule has 0 radical (unpaired) electrons. The summed E-state index contributed by atoms with van der Waals surface area (Å²) in [5.74, 6) is -2.92. The van der Waals surface area contributed by atoms with Gasteiger partial charge in [0.1, 0.15) is 0 Å². The lowest BCUT2D eigenvalue weighted by atomic mass is 10.0. The second kappa shape index (κ2) is 10.2. The molecular weight excluding hydrogens is 426 g/mol. The van der Waals surface area contributed by atoms with Crippen LogP contribution in [0.1, 0.15) is 43.3 Å². The van der Waals surface area contributed by atoms with E-state index in [0.29, 0.717) is 4.88 Å². The van der Waals surface area contributed by atoms with Gasteiger partial charge in [-0.15, -0.1) is 11.3 Å². The molecule has 0 aliphatic carbocycles. The highest BCUT2D eigenvalue weighted by atomic mass is 32.1. The van der Waals surface area contributed by atoms with Crippen LogP contribution in [0, 0.1) is 0 Å². The summed E-state index contributed by atoms with van der Waals surface area (Å²) >= 11 is 1.47. The van der Waals surface area contributed by atoms with Crippen molar-refractivity contribution >= 4 is 34.8 Å². The normalized spacial score (nSPS) is 12.6. The molecule has 0 saturated heterocycles. The van der Waals surface area contributed by atoms with E-state index < -0.39 is 25.2 Å². The highest BCUT2D eigenvalue weighted by Crippen LogP contribution is 2.30. The van der Waals surface area contributed by atoms with Gasteiger partial charge in [0.05, 0.1) is 4.88 Å². The standard InChI is InChI=1S/C21H21NO8S/c23-14(2-3-15(24)19-8-13-9-22-6-5-18(13)31-19)12-1-4-16(29-10-20(25)26)17(7-12)30-11-21(27)28/h1,4,7-8,22H,2-3,5-6,9-11H2,(H,25,26)(H,27,28). The average Bonchev–Trinajstić information content (AvgIpc) is 3.19. The van der Waals surface area contributed by atoms with Gasteiger partial charge in [0, 0.05) is 36.4 Å². The Morgan fingerprint density at radius 2 is 1.61 bits per heavy atom. The van der Waals surface area contributed by atoms with Crippen molar-refractivity contribution in [2.75, 3.05) is 19.8 Å². The van der Waals surface area contributed by atoms with Crippen LogP contribution in [-0.4, -0.2) is 53.5 Å². The summed E-state index contributed by atoms with van der Waals surface area (Å²) in [7, 11) is 0. The van der Waals surface area contributed by atoms with Crippen molar-refractivity contribution in [1.29, 1.82) is 0 Å². The molecule has 9 nitrogen and oxygen atoms in total. The maximum absolute atomic E-state index is 12.6. The van der Waals surface area contributed by atoms with Gasteiger partial charge in [-0.25, -0.2) is 9.59 Å². The first-order valence-corrected chi connectivity index (χ1v) is 10.4. The molecule has 0 spiro atoms. The minimum absolute atomic E-state index is 0.00838. The first kappa shape index (κ1) is 22.4. The molecule has 0 unspecified atom stereocenters. The molecule has 0 amide bonds. The first-order valence-electron chi connectivity index (χ1n) is 9.55. The van der Waals surface area contributed by atoms with Crippen molar-refractivity contribution in [2.24, 2.45) is 0 Å². The van der Waals surface area contributed by atoms with Gasteiger partial charge in [0.2, 0.25) is 0 Å². The van der Waals surface area contributed by atoms with E-state index in [4.69, 9.17) is 19.7 Å². The van der Waals surface area contributed by atoms with E-state index in [1.165, 1.54) is 34.4 Å². The Morgan fingerprint density at radius 1 is 0.935 bits per heavy atom. The summed E-state index contributed by atoms with van der Waals surface area (Å²) in [6.45, 7) is 0.300. The lowest BCUT2D eigenvalue weighted by Gasteiger charge is -2.12. The number of benzene rings is 1. The number of carboxylic acid groups (broad SMARTS) is 2. The van der Waals surface area contributed by atoms with Crippen LogP contribution in [0.2, 0.25) is 0 Å². The van der Waals surface area contributed by atoms with Crippen LogP contribution in [0.4, 0.5) is 0 Å². The van der Waals surface area contributed by atoms with E-state index >= 15 is 0 Å². The second-order valence-corrected chi connectivity index (χ2v) is 8.00. The smallest absolute Gasteiger partial charge is 0.341 e. The fraction of sp³-hybridized carbons (Fsp3) is 0.333. The van der Waals surface area contributed by atoms with Crippen molar-refractivity contribution in [1.82, 2.24) is 5.32 Å². The number of rotatable bonds is 11. The van der Waals surface area contributed by atoms with Gasteiger partial charge in [-0.3, -0.25) is 9.59 Å². The van der Waals surface area contributed by atoms with Crippen LogP contribution in [-0.2, 0) is 22.6 Å². The Labute approximate surface area is 181 Å². The van der Waals surface area contributed by atoms with Crippen molar-refractivity contribution in [3.63, 3.8) is 0 Å². The number of thiophene rings is 1. The van der Waals surface area contributed by atoms with Gasteiger partial charge in [0.15, 0.2) is 36.3 Å². The van der Waals surface area contributed by atoms with E-state index in [2.05, 4.69) is 5.32 Å². The molecule has 0 saturated carbocycles. The molecule has 0 fully saturated rings. The highest BCUT2D eigenvalue weighted by molar-refractivity contribution is 7.14. The van der Waals surface area contributed by atoms with Crippen molar-refractivity contribution in [2.45, 2.75) is 25.8 Å². The highest BCUT2D eigenvalue weighted by Gasteiger charge is 2.19. The van der Waals surface area contributed by atoms with Gasteiger partial charge in [-0.2, -0.15) is 0 Å². The van der Waals surface area contributed by atoms with Crippen LogP contribution in [0.15, 0.2) is 24.3 Å². The topological polar surface area (TPSA) is 139 Å². The Hall–Kier alpha value is -3.24. The fourth-order valence-electron chi connectivity index (χ4n) is 3.08. The molecule has 164 valence electrons. The predicted molar refractivity (Wildman–Crippen MR) is 110 cm³/mol. The molecule has 31 heavy (non-hydrogen) atoms. The van der Waals surface area contributed by atoms with Gasteiger partial charge in [0.25, 0.3) is 0 Å². The lowest BCUT2D eigenvalue weighted by Crippen LogP contribution is -2.21. The number of hydrogen-bond acceptors (Lipinski definition) is 8. The molecule has 10 heteroatoms. The van der Waals surface area contributed by atoms with Crippen LogP contribution in [0.3, 0.4) is 0 Å². The molecule has 1 aromatic heterocycles. The number of carbonyl (C=O) groups excluding carboxylic acids is 2. The van der Waals surface area contributed by atoms with E-state index in [-0.39, 0.29) is 41.5 Å². The second-order valence-electron chi connectivity index (χ2n) is 6.86. The number of carbonyl (C=O) groups is 4. The third kappa shape index (κ3) is 6.12. The van der Waals surface area contributed by atoms with E-state index in [1.54, 1.807) is 0 Å². The zero-order valence-electron chi connectivity index (χ0n) is 16.5. The molecule has 2 heterocycles. The molecule has 0 bridgehead atoms. The summed E-state index contributed by atoms with van der Waals surface area (Å²) in [4.78, 5) is 48.4. The van der Waals surface area contributed by atoms with E-state index in [0.717, 1.165) is 25.1 Å². The molecular formula is C21H21NO8S. The van der Waals surface area contributed by atoms with Gasteiger partial charge < -0.3 is 25.0 Å². The SMILES string of the molecule is O=C(O)COc1ccc(C(=O)CCC(=O)c2cc3c(s2)CCNC3)cc1OCC(=O)O. The van der Waals surface area contributed by atoms with Crippen LogP contribution in [0.25, 0.3) is 0 Å². The van der Waals surface area contributed by atoms with E-state index in [1.807, 2.05) is 6.07 Å². The molecule has 1 aromatic carbocycles. The monoisotopic (exact) mass is 447 g/mol. The summed E-state index contributed by atoms with van der Waals surface area (Å²) < 4.78 is 10.2. The Bertz CT molecular complexity index is 989. The Morgan fingerprint density at radius 3 is 2.29 bits per heavy atom. The van der Waals surface area contributed by atoms with Crippen molar-refractivity contribution < 1.29 is 38.9 Å². The maximum Gasteiger partial charge on any atom is 0.341 e. The minimum Gasteiger partial charge on any atom is -0.479 e. The predicted octanol–water partition coefficient (Wildman–Crippen LogP) is 2.17. The van der Waals surface area contributed by atoms with Gasteiger partial charge in [-0.1, -0.05) is 0 Å². The number of hydrogen-bond donors (Lipinski definition) is 3. The van der Waals surface area contributed by atoms with Crippen LogP contribution >= 0.6 is 11.3 Å². The van der Waals surface area contributed by atoms with Crippen LogP contribution < -0.4 is 14.8 Å². The number of Topliss-reactive ketones (excluding diaryl/α,β-unsaturated/α-hetero) is 2. The summed E-state index contributed by atoms with van der Waals surface area (Å²) in [6.07, 6.45) is 0.920. The third-order valence-electron chi connectivity index (χ3n) is 4.56. The number of aliphatic carboxylic acids is 2. The van der Waals surface area contributed by atoms with Crippen LogP contribution in [0.5, 0.6) is 11.5 Å². The molecule has 3 N–H and O–H groups in total. The zero-order valence-corrected chi connectivity index (χ0v) is 17.3. The molecule has 1 aliphatic heterocycles.